The van der Waals surface area contributed by atoms with Crippen LogP contribution in [0.3, 0.4) is 0 Å². The first-order valence-electron chi connectivity index (χ1n) is 10.2. The molecule has 1 heterocycles. The van der Waals surface area contributed by atoms with E-state index in [2.05, 4.69) is 10.6 Å². The van der Waals surface area contributed by atoms with Gasteiger partial charge in [0.1, 0.15) is 5.75 Å². The first-order chi connectivity index (χ1) is 15.0. The summed E-state index contributed by atoms with van der Waals surface area (Å²) >= 11 is 0. The highest BCUT2D eigenvalue weighted by Crippen LogP contribution is 2.32. The summed E-state index contributed by atoms with van der Waals surface area (Å²) in [5.41, 5.74) is 5.75. The lowest BCUT2D eigenvalue weighted by molar-refractivity contribution is 0.102. The number of hydrogen-bond donors (Lipinski definition) is 2. The molecule has 0 spiro atoms. The van der Waals surface area contributed by atoms with Gasteiger partial charge >= 0.3 is 6.03 Å². The zero-order valence-electron chi connectivity index (χ0n) is 17.9. The number of nitrogens with one attached hydrogen (secondary N) is 2. The number of carbonyl (C=O) groups is 2. The van der Waals surface area contributed by atoms with Crippen molar-refractivity contribution in [3.63, 3.8) is 0 Å². The third kappa shape index (κ3) is 4.23. The van der Waals surface area contributed by atoms with E-state index in [-0.39, 0.29) is 11.9 Å². The quantitative estimate of drug-likeness (QED) is 0.618. The standard InChI is InChI=1S/C25H25N3O3/c1-16-7-9-18(10-8-16)26-25(30)28-14-13-20-21(5-4-6-23(20)28)24(29)27-22-12-11-19(31-3)15-17(22)2/h4-12,15H,13-14H2,1-3H3,(H,26,30)(H,27,29). The van der Waals surface area contributed by atoms with Gasteiger partial charge in [0.2, 0.25) is 0 Å². The molecule has 0 fully saturated rings. The molecule has 0 saturated heterocycles. The first kappa shape index (κ1) is 20.5. The summed E-state index contributed by atoms with van der Waals surface area (Å²) < 4.78 is 5.23. The molecule has 1 aliphatic rings. The van der Waals surface area contributed by atoms with E-state index in [4.69, 9.17) is 4.74 Å². The van der Waals surface area contributed by atoms with Crippen LogP contribution in [0.1, 0.15) is 27.0 Å². The Kier molecular flexibility index (Phi) is 5.62. The smallest absolute Gasteiger partial charge is 0.326 e. The van der Waals surface area contributed by atoms with Crippen molar-refractivity contribution in [1.29, 1.82) is 0 Å². The fourth-order valence-corrected chi connectivity index (χ4v) is 3.78. The van der Waals surface area contributed by atoms with Gasteiger partial charge in [0.15, 0.2) is 0 Å². The van der Waals surface area contributed by atoms with Gasteiger partial charge in [-0.25, -0.2) is 4.79 Å². The van der Waals surface area contributed by atoms with Gasteiger partial charge in [-0.2, -0.15) is 0 Å². The van der Waals surface area contributed by atoms with Crippen LogP contribution in [-0.4, -0.2) is 25.6 Å². The fourth-order valence-electron chi connectivity index (χ4n) is 3.78. The molecule has 6 heteroatoms. The Balaban J connectivity index is 1.53. The monoisotopic (exact) mass is 415 g/mol. The molecule has 4 rings (SSSR count). The topological polar surface area (TPSA) is 70.7 Å². The molecule has 0 bridgehead atoms. The summed E-state index contributed by atoms with van der Waals surface area (Å²) in [7, 11) is 1.61. The molecule has 3 aromatic rings. The SMILES string of the molecule is COc1ccc(NC(=O)c2cccc3c2CCN3C(=O)Nc2ccc(C)cc2)c(C)c1. The summed E-state index contributed by atoms with van der Waals surface area (Å²) in [6.45, 7) is 4.45. The van der Waals surface area contributed by atoms with Crippen LogP contribution in [0.4, 0.5) is 21.9 Å². The van der Waals surface area contributed by atoms with Crippen LogP contribution >= 0.6 is 0 Å². The largest absolute Gasteiger partial charge is 0.497 e. The summed E-state index contributed by atoms with van der Waals surface area (Å²) in [5, 5.41) is 5.92. The Morgan fingerprint density at radius 2 is 1.74 bits per heavy atom. The summed E-state index contributed by atoms with van der Waals surface area (Å²) in [6.07, 6.45) is 0.627. The van der Waals surface area contributed by atoms with Crippen molar-refractivity contribution in [3.05, 3.63) is 82.9 Å². The number of benzene rings is 3. The van der Waals surface area contributed by atoms with Gasteiger partial charge in [-0.3, -0.25) is 9.69 Å². The molecule has 0 saturated carbocycles. The lowest BCUT2D eigenvalue weighted by Crippen LogP contribution is -2.33. The van der Waals surface area contributed by atoms with E-state index in [1.54, 1.807) is 18.1 Å². The number of anilines is 3. The maximum atomic E-state index is 13.0. The van der Waals surface area contributed by atoms with E-state index in [9.17, 15) is 9.59 Å². The number of urea groups is 1. The molecule has 0 radical (unpaired) electrons. The van der Waals surface area contributed by atoms with Crippen LogP contribution in [0, 0.1) is 13.8 Å². The molecule has 31 heavy (non-hydrogen) atoms. The van der Waals surface area contributed by atoms with Crippen LogP contribution in [-0.2, 0) is 6.42 Å². The zero-order valence-corrected chi connectivity index (χ0v) is 17.9. The highest BCUT2D eigenvalue weighted by molar-refractivity contribution is 6.09. The van der Waals surface area contributed by atoms with E-state index in [0.29, 0.717) is 18.5 Å². The van der Waals surface area contributed by atoms with Gasteiger partial charge in [0.25, 0.3) is 5.91 Å². The van der Waals surface area contributed by atoms with Gasteiger partial charge in [0.05, 0.1) is 7.11 Å². The Bertz CT molecular complexity index is 1140. The third-order valence-electron chi connectivity index (χ3n) is 5.50. The molecule has 3 aromatic carbocycles. The van der Waals surface area contributed by atoms with E-state index >= 15 is 0 Å². The van der Waals surface area contributed by atoms with Crippen molar-refractivity contribution in [3.8, 4) is 5.75 Å². The molecule has 2 N–H and O–H groups in total. The predicted octanol–water partition coefficient (Wildman–Crippen LogP) is 5.16. The maximum absolute atomic E-state index is 13.0. The van der Waals surface area contributed by atoms with Gasteiger partial charge in [-0.05, 0) is 73.9 Å². The van der Waals surface area contributed by atoms with E-state index in [1.807, 2.05) is 68.4 Å². The Labute approximate surface area is 181 Å². The number of fused-ring (bicyclic) bond motifs is 1. The number of ether oxygens (including phenoxy) is 1. The van der Waals surface area contributed by atoms with Crippen molar-refractivity contribution in [1.82, 2.24) is 0 Å². The molecule has 0 aliphatic carbocycles. The fraction of sp³-hybridized carbons (Fsp3) is 0.200. The number of amides is 3. The van der Waals surface area contributed by atoms with E-state index in [1.165, 1.54) is 0 Å². The minimum Gasteiger partial charge on any atom is -0.497 e. The molecule has 158 valence electrons. The molecular weight excluding hydrogens is 390 g/mol. The highest BCUT2D eigenvalue weighted by Gasteiger charge is 2.28. The van der Waals surface area contributed by atoms with E-state index < -0.39 is 0 Å². The molecule has 0 unspecified atom stereocenters. The van der Waals surface area contributed by atoms with Crippen molar-refractivity contribution >= 4 is 29.0 Å². The number of rotatable bonds is 4. The molecule has 0 aromatic heterocycles. The van der Waals surface area contributed by atoms with Gasteiger partial charge < -0.3 is 15.4 Å². The van der Waals surface area contributed by atoms with E-state index in [0.717, 1.165) is 39.5 Å². The lowest BCUT2D eigenvalue weighted by atomic mass is 10.0. The van der Waals surface area contributed by atoms with Crippen LogP contribution in [0.15, 0.2) is 60.7 Å². The lowest BCUT2D eigenvalue weighted by Gasteiger charge is -2.19. The average molecular weight is 415 g/mol. The van der Waals surface area contributed by atoms with Crippen molar-refractivity contribution in [2.75, 3.05) is 29.2 Å². The van der Waals surface area contributed by atoms with Gasteiger partial charge in [-0.15, -0.1) is 0 Å². The average Bonchev–Trinajstić information content (AvgIpc) is 3.21. The molecule has 1 aliphatic heterocycles. The maximum Gasteiger partial charge on any atom is 0.326 e. The highest BCUT2D eigenvalue weighted by atomic mass is 16.5. The number of methoxy groups -OCH3 is 1. The van der Waals surface area contributed by atoms with Crippen LogP contribution in [0.5, 0.6) is 5.75 Å². The van der Waals surface area contributed by atoms with Crippen LogP contribution < -0.4 is 20.3 Å². The number of carbonyl (C=O) groups excluding carboxylic acids is 2. The zero-order chi connectivity index (χ0) is 22.0. The minimum absolute atomic E-state index is 0.189. The molecule has 6 nitrogen and oxygen atoms in total. The molecular formula is C25H25N3O3. The summed E-state index contributed by atoms with van der Waals surface area (Å²) in [5.74, 6) is 0.553. The normalized spacial score (nSPS) is 12.3. The second-order valence-electron chi connectivity index (χ2n) is 7.64. The second-order valence-corrected chi connectivity index (χ2v) is 7.64. The minimum atomic E-state index is -0.203. The third-order valence-corrected chi connectivity index (χ3v) is 5.50. The first-order valence-corrected chi connectivity index (χ1v) is 10.2. The van der Waals surface area contributed by atoms with Gasteiger partial charge in [-0.1, -0.05) is 23.8 Å². The molecule has 0 atom stereocenters. The van der Waals surface area contributed by atoms with Crippen LogP contribution in [0.2, 0.25) is 0 Å². The Hall–Kier alpha value is -3.80. The second kappa shape index (κ2) is 8.52. The summed E-state index contributed by atoms with van der Waals surface area (Å²) in [4.78, 5) is 27.5. The number of aryl methyl sites for hydroxylation is 2. The Morgan fingerprint density at radius 3 is 2.45 bits per heavy atom. The number of nitrogens with zero attached hydrogens (tertiary/aromatic N) is 1. The van der Waals surface area contributed by atoms with Crippen LogP contribution in [0.25, 0.3) is 0 Å². The molecule has 3 amide bonds. The predicted molar refractivity (Wildman–Crippen MR) is 123 cm³/mol. The van der Waals surface area contributed by atoms with Crippen molar-refractivity contribution in [2.45, 2.75) is 20.3 Å². The van der Waals surface area contributed by atoms with Crippen molar-refractivity contribution < 1.29 is 14.3 Å². The van der Waals surface area contributed by atoms with Gasteiger partial charge in [0, 0.05) is 29.2 Å². The Morgan fingerprint density at radius 1 is 0.968 bits per heavy atom. The summed E-state index contributed by atoms with van der Waals surface area (Å²) in [6, 6.07) is 18.5. The number of hydrogen-bond acceptors (Lipinski definition) is 3. The van der Waals surface area contributed by atoms with Crippen molar-refractivity contribution in [2.24, 2.45) is 0 Å².